The molecular weight excluding hydrogens is 312 g/mol. The summed E-state index contributed by atoms with van der Waals surface area (Å²) in [6.45, 7) is 2.58. The third kappa shape index (κ3) is 3.40. The van der Waals surface area contributed by atoms with Gasteiger partial charge in [-0.2, -0.15) is 0 Å². The predicted molar refractivity (Wildman–Crippen MR) is 76.8 cm³/mol. The molecule has 2 rings (SSSR count). The summed E-state index contributed by atoms with van der Waals surface area (Å²) in [5.41, 5.74) is 0.658. The van der Waals surface area contributed by atoms with Crippen LogP contribution in [0.3, 0.4) is 0 Å². The average molecular weight is 325 g/mol. The normalized spacial score (nSPS) is 10.3. The molecule has 2 aromatic rings. The van der Waals surface area contributed by atoms with Crippen LogP contribution in [0.15, 0.2) is 34.9 Å². The molecule has 3 nitrogen and oxygen atoms in total. The van der Waals surface area contributed by atoms with Crippen molar-refractivity contribution in [3.8, 4) is 0 Å². The largest absolute Gasteiger partial charge is 0.346 e. The number of rotatable bonds is 4. The Kier molecular flexibility index (Phi) is 4.49. The average Bonchev–Trinajstić information content (AvgIpc) is 2.85. The van der Waals surface area contributed by atoms with Crippen molar-refractivity contribution in [3.63, 3.8) is 0 Å². The molecule has 0 bridgehead atoms. The number of carbonyl (C=O) groups is 1. The first kappa shape index (κ1) is 13.2. The lowest BCUT2D eigenvalue weighted by Crippen LogP contribution is -2.22. The van der Waals surface area contributed by atoms with Crippen LogP contribution in [-0.4, -0.2) is 10.9 Å². The standard InChI is InChI=1S/C13H13BrN2OS/c1-2-11-7-15-12(18-11)8-16-13(17)9-3-5-10(14)6-4-9/h3-7H,2,8H2,1H3,(H,16,17). The maximum atomic E-state index is 11.9. The lowest BCUT2D eigenvalue weighted by molar-refractivity contribution is 0.0951. The van der Waals surface area contributed by atoms with Crippen LogP contribution in [-0.2, 0) is 13.0 Å². The lowest BCUT2D eigenvalue weighted by Gasteiger charge is -2.03. The molecule has 5 heteroatoms. The van der Waals surface area contributed by atoms with Gasteiger partial charge in [-0.1, -0.05) is 22.9 Å². The first-order valence-corrected chi connectivity index (χ1v) is 7.27. The van der Waals surface area contributed by atoms with E-state index in [-0.39, 0.29) is 5.91 Å². The van der Waals surface area contributed by atoms with Crippen LogP contribution in [0.4, 0.5) is 0 Å². The molecule has 0 aliphatic carbocycles. The van der Waals surface area contributed by atoms with Gasteiger partial charge in [0, 0.05) is 21.1 Å². The zero-order valence-electron chi connectivity index (χ0n) is 9.94. The van der Waals surface area contributed by atoms with Crippen LogP contribution >= 0.6 is 27.3 Å². The molecule has 0 atom stereocenters. The van der Waals surface area contributed by atoms with E-state index >= 15 is 0 Å². The summed E-state index contributed by atoms with van der Waals surface area (Å²) in [5, 5.41) is 3.81. The highest BCUT2D eigenvalue weighted by Crippen LogP contribution is 2.14. The Morgan fingerprint density at radius 3 is 2.72 bits per heavy atom. The van der Waals surface area contributed by atoms with Gasteiger partial charge < -0.3 is 5.32 Å². The quantitative estimate of drug-likeness (QED) is 0.936. The predicted octanol–water partition coefficient (Wildman–Crippen LogP) is 3.40. The monoisotopic (exact) mass is 324 g/mol. The summed E-state index contributed by atoms with van der Waals surface area (Å²) in [6, 6.07) is 7.29. The van der Waals surface area contributed by atoms with Crippen LogP contribution in [0.5, 0.6) is 0 Å². The van der Waals surface area contributed by atoms with Gasteiger partial charge in [0.05, 0.1) is 6.54 Å². The van der Waals surface area contributed by atoms with Crippen LogP contribution in [0.1, 0.15) is 27.2 Å². The third-order valence-electron chi connectivity index (χ3n) is 2.46. The van der Waals surface area contributed by atoms with Crippen molar-refractivity contribution in [2.24, 2.45) is 0 Å². The first-order chi connectivity index (χ1) is 8.69. The maximum absolute atomic E-state index is 11.9. The summed E-state index contributed by atoms with van der Waals surface area (Å²) in [7, 11) is 0. The fourth-order valence-electron chi connectivity index (χ4n) is 1.45. The van der Waals surface area contributed by atoms with Crippen molar-refractivity contribution in [2.75, 3.05) is 0 Å². The van der Waals surface area contributed by atoms with E-state index in [9.17, 15) is 4.79 Å². The number of amides is 1. The first-order valence-electron chi connectivity index (χ1n) is 5.66. The summed E-state index contributed by atoms with van der Waals surface area (Å²) in [5.74, 6) is -0.0734. The minimum Gasteiger partial charge on any atom is -0.346 e. The molecule has 0 aliphatic rings. The van der Waals surface area contributed by atoms with Gasteiger partial charge in [-0.15, -0.1) is 11.3 Å². The Bertz CT molecular complexity index is 536. The fraction of sp³-hybridized carbons (Fsp3) is 0.231. The molecule has 1 amide bonds. The molecular formula is C13H13BrN2OS. The van der Waals surface area contributed by atoms with E-state index in [0.29, 0.717) is 12.1 Å². The molecule has 0 unspecified atom stereocenters. The van der Waals surface area contributed by atoms with Gasteiger partial charge in [0.2, 0.25) is 0 Å². The minimum absolute atomic E-state index is 0.0734. The van der Waals surface area contributed by atoms with Crippen LogP contribution < -0.4 is 5.32 Å². The molecule has 0 fully saturated rings. The third-order valence-corrected chi connectivity index (χ3v) is 4.13. The summed E-state index contributed by atoms with van der Waals surface area (Å²) < 4.78 is 0.964. The van der Waals surface area contributed by atoms with Crippen molar-refractivity contribution >= 4 is 33.2 Å². The zero-order valence-corrected chi connectivity index (χ0v) is 12.3. The summed E-state index contributed by atoms with van der Waals surface area (Å²) >= 11 is 4.98. The van der Waals surface area contributed by atoms with E-state index in [4.69, 9.17) is 0 Å². The summed E-state index contributed by atoms with van der Waals surface area (Å²) in [4.78, 5) is 17.4. The summed E-state index contributed by atoms with van der Waals surface area (Å²) in [6.07, 6.45) is 2.85. The van der Waals surface area contributed by atoms with Crippen molar-refractivity contribution in [1.29, 1.82) is 0 Å². The topological polar surface area (TPSA) is 42.0 Å². The van der Waals surface area contributed by atoms with E-state index in [2.05, 4.69) is 33.2 Å². The molecule has 1 heterocycles. The molecule has 0 saturated heterocycles. The molecule has 0 saturated carbocycles. The van der Waals surface area contributed by atoms with Gasteiger partial charge in [0.1, 0.15) is 5.01 Å². The number of aryl methyl sites for hydroxylation is 1. The second-order valence-electron chi connectivity index (χ2n) is 3.76. The van der Waals surface area contributed by atoms with E-state index in [1.807, 2.05) is 18.3 Å². The molecule has 0 aliphatic heterocycles. The van der Waals surface area contributed by atoms with Crippen molar-refractivity contribution in [1.82, 2.24) is 10.3 Å². The highest BCUT2D eigenvalue weighted by Gasteiger charge is 2.06. The Morgan fingerprint density at radius 1 is 1.39 bits per heavy atom. The highest BCUT2D eigenvalue weighted by atomic mass is 79.9. The van der Waals surface area contributed by atoms with Crippen molar-refractivity contribution in [2.45, 2.75) is 19.9 Å². The Morgan fingerprint density at radius 2 is 2.11 bits per heavy atom. The van der Waals surface area contributed by atoms with Gasteiger partial charge in [0.15, 0.2) is 0 Å². The van der Waals surface area contributed by atoms with Crippen molar-refractivity contribution < 1.29 is 4.79 Å². The number of aromatic nitrogens is 1. The lowest BCUT2D eigenvalue weighted by atomic mass is 10.2. The smallest absolute Gasteiger partial charge is 0.251 e. The maximum Gasteiger partial charge on any atom is 0.251 e. The Labute approximate surface area is 118 Å². The van der Waals surface area contributed by atoms with Gasteiger partial charge in [-0.25, -0.2) is 4.98 Å². The second kappa shape index (κ2) is 6.11. The van der Waals surface area contributed by atoms with E-state index in [1.165, 1.54) is 4.88 Å². The van der Waals surface area contributed by atoms with E-state index < -0.39 is 0 Å². The van der Waals surface area contributed by atoms with Crippen LogP contribution in [0.2, 0.25) is 0 Å². The zero-order chi connectivity index (χ0) is 13.0. The Balaban J connectivity index is 1.93. The van der Waals surface area contributed by atoms with Gasteiger partial charge in [-0.05, 0) is 30.7 Å². The number of nitrogens with zero attached hydrogens (tertiary/aromatic N) is 1. The van der Waals surface area contributed by atoms with E-state index in [1.54, 1.807) is 23.5 Å². The van der Waals surface area contributed by atoms with Crippen molar-refractivity contribution in [3.05, 3.63) is 50.4 Å². The molecule has 1 aromatic carbocycles. The number of halogens is 1. The molecule has 0 radical (unpaired) electrons. The van der Waals surface area contributed by atoms with Gasteiger partial charge >= 0.3 is 0 Å². The highest BCUT2D eigenvalue weighted by molar-refractivity contribution is 9.10. The number of thiazole rings is 1. The van der Waals surface area contributed by atoms with E-state index in [0.717, 1.165) is 15.9 Å². The number of benzene rings is 1. The number of nitrogens with one attached hydrogen (secondary N) is 1. The second-order valence-corrected chi connectivity index (χ2v) is 5.88. The van der Waals surface area contributed by atoms with Gasteiger partial charge in [0.25, 0.3) is 5.91 Å². The van der Waals surface area contributed by atoms with Crippen LogP contribution in [0.25, 0.3) is 0 Å². The fourth-order valence-corrected chi connectivity index (χ4v) is 2.52. The molecule has 18 heavy (non-hydrogen) atoms. The molecule has 0 spiro atoms. The molecule has 94 valence electrons. The minimum atomic E-state index is -0.0734. The van der Waals surface area contributed by atoms with Crippen LogP contribution in [0, 0.1) is 0 Å². The number of carbonyl (C=O) groups excluding carboxylic acids is 1. The molecule has 1 aromatic heterocycles. The van der Waals surface area contributed by atoms with Gasteiger partial charge in [-0.3, -0.25) is 4.79 Å². The Hall–Kier alpha value is -1.20. The SMILES string of the molecule is CCc1cnc(CNC(=O)c2ccc(Br)cc2)s1. The number of hydrogen-bond acceptors (Lipinski definition) is 3. The molecule has 1 N–H and O–H groups in total. The number of hydrogen-bond donors (Lipinski definition) is 1.